The summed E-state index contributed by atoms with van der Waals surface area (Å²) < 4.78 is 5.12. The van der Waals surface area contributed by atoms with Crippen molar-refractivity contribution in [1.29, 1.82) is 0 Å². The second kappa shape index (κ2) is 5.69. The number of aromatic nitrogens is 2. The molecule has 0 radical (unpaired) electrons. The van der Waals surface area contributed by atoms with Gasteiger partial charge in [0.2, 0.25) is 0 Å². The number of ether oxygens (including phenoxy) is 1. The van der Waals surface area contributed by atoms with E-state index in [1.54, 1.807) is 13.3 Å². The third-order valence-electron chi connectivity index (χ3n) is 2.59. The Hall–Kier alpha value is -1.81. The highest BCUT2D eigenvalue weighted by Crippen LogP contribution is 2.20. The summed E-state index contributed by atoms with van der Waals surface area (Å²) in [6, 6.07) is 7.99. The Bertz CT molecular complexity index is 516. The van der Waals surface area contributed by atoms with Crippen LogP contribution in [0.2, 0.25) is 5.15 Å². The number of halogens is 1. The minimum absolute atomic E-state index is 0.115. The standard InChI is InChI=1S/C13H14ClN3O/c1-9(10-3-5-11(18-2)6-4-10)16-13-8-15-7-12(14)17-13/h3-9H,1-2H3,(H,16,17)/t9-/m1/s1. The topological polar surface area (TPSA) is 47.0 Å². The number of methoxy groups -OCH3 is 1. The average molecular weight is 264 g/mol. The highest BCUT2D eigenvalue weighted by atomic mass is 35.5. The zero-order chi connectivity index (χ0) is 13.0. The molecular weight excluding hydrogens is 250 g/mol. The summed E-state index contributed by atoms with van der Waals surface area (Å²) in [6.07, 6.45) is 3.15. The molecule has 18 heavy (non-hydrogen) atoms. The largest absolute Gasteiger partial charge is 0.497 e. The number of hydrogen-bond acceptors (Lipinski definition) is 4. The van der Waals surface area contributed by atoms with E-state index in [9.17, 15) is 0 Å². The fourth-order valence-electron chi connectivity index (χ4n) is 1.61. The first-order valence-corrected chi connectivity index (χ1v) is 5.95. The summed E-state index contributed by atoms with van der Waals surface area (Å²) in [4.78, 5) is 8.12. The number of anilines is 1. The summed E-state index contributed by atoms with van der Waals surface area (Å²) in [5.41, 5.74) is 1.14. The molecule has 0 saturated carbocycles. The first-order valence-electron chi connectivity index (χ1n) is 5.57. The molecule has 1 aromatic carbocycles. The zero-order valence-corrected chi connectivity index (χ0v) is 11.0. The first-order chi connectivity index (χ1) is 8.69. The van der Waals surface area contributed by atoms with Gasteiger partial charge in [0, 0.05) is 6.04 Å². The fourth-order valence-corrected chi connectivity index (χ4v) is 1.76. The van der Waals surface area contributed by atoms with Crippen molar-refractivity contribution in [3.63, 3.8) is 0 Å². The van der Waals surface area contributed by atoms with Crippen molar-refractivity contribution >= 4 is 17.4 Å². The van der Waals surface area contributed by atoms with Crippen LogP contribution in [0, 0.1) is 0 Å². The minimum Gasteiger partial charge on any atom is -0.497 e. The number of nitrogens with one attached hydrogen (secondary N) is 1. The second-order valence-corrected chi connectivity index (χ2v) is 4.25. The average Bonchev–Trinajstić information content (AvgIpc) is 2.39. The van der Waals surface area contributed by atoms with E-state index in [0.29, 0.717) is 11.0 Å². The molecule has 0 spiro atoms. The second-order valence-electron chi connectivity index (χ2n) is 3.87. The summed E-state index contributed by atoms with van der Waals surface area (Å²) >= 11 is 5.78. The van der Waals surface area contributed by atoms with Gasteiger partial charge in [-0.3, -0.25) is 4.98 Å². The molecule has 1 atom stereocenters. The van der Waals surface area contributed by atoms with Crippen LogP contribution in [0.3, 0.4) is 0 Å². The van der Waals surface area contributed by atoms with Crippen LogP contribution in [0.15, 0.2) is 36.7 Å². The predicted octanol–water partition coefficient (Wildman–Crippen LogP) is 3.31. The van der Waals surface area contributed by atoms with E-state index in [1.807, 2.05) is 31.2 Å². The summed E-state index contributed by atoms with van der Waals surface area (Å²) in [5.74, 6) is 1.50. The maximum absolute atomic E-state index is 5.78. The molecule has 94 valence electrons. The Morgan fingerprint density at radius 1 is 1.22 bits per heavy atom. The maximum atomic E-state index is 5.78. The van der Waals surface area contributed by atoms with E-state index in [2.05, 4.69) is 15.3 Å². The van der Waals surface area contributed by atoms with Crippen molar-refractivity contribution in [2.75, 3.05) is 12.4 Å². The lowest BCUT2D eigenvalue weighted by Crippen LogP contribution is -2.08. The Labute approximate surface area is 111 Å². The van der Waals surface area contributed by atoms with Crippen LogP contribution >= 0.6 is 11.6 Å². The number of hydrogen-bond donors (Lipinski definition) is 1. The van der Waals surface area contributed by atoms with E-state index in [0.717, 1.165) is 11.3 Å². The molecule has 0 bridgehead atoms. The van der Waals surface area contributed by atoms with Crippen molar-refractivity contribution in [3.8, 4) is 5.75 Å². The molecular formula is C13H14ClN3O. The van der Waals surface area contributed by atoms with E-state index in [1.165, 1.54) is 6.20 Å². The Balaban J connectivity index is 2.09. The molecule has 0 saturated heterocycles. The molecule has 1 aromatic heterocycles. The van der Waals surface area contributed by atoms with Crippen LogP contribution in [-0.4, -0.2) is 17.1 Å². The Morgan fingerprint density at radius 3 is 2.56 bits per heavy atom. The summed E-state index contributed by atoms with van der Waals surface area (Å²) in [5, 5.41) is 3.61. The third kappa shape index (κ3) is 3.11. The van der Waals surface area contributed by atoms with Crippen LogP contribution in [0.1, 0.15) is 18.5 Å². The van der Waals surface area contributed by atoms with E-state index >= 15 is 0 Å². The highest BCUT2D eigenvalue weighted by molar-refractivity contribution is 6.29. The van der Waals surface area contributed by atoms with Crippen molar-refractivity contribution in [1.82, 2.24) is 9.97 Å². The Kier molecular flexibility index (Phi) is 3.99. The van der Waals surface area contributed by atoms with Gasteiger partial charge in [0.25, 0.3) is 0 Å². The Morgan fingerprint density at radius 2 is 1.94 bits per heavy atom. The minimum atomic E-state index is 0.115. The quantitative estimate of drug-likeness (QED) is 0.919. The smallest absolute Gasteiger partial charge is 0.149 e. The summed E-state index contributed by atoms with van der Waals surface area (Å²) in [6.45, 7) is 2.05. The first kappa shape index (κ1) is 12.6. The van der Waals surface area contributed by atoms with Crippen molar-refractivity contribution in [2.45, 2.75) is 13.0 Å². The van der Waals surface area contributed by atoms with E-state index < -0.39 is 0 Å². The molecule has 5 heteroatoms. The lowest BCUT2D eigenvalue weighted by Gasteiger charge is -2.15. The molecule has 2 aromatic rings. The summed E-state index contributed by atoms with van der Waals surface area (Å²) in [7, 11) is 1.65. The molecule has 0 unspecified atom stereocenters. The van der Waals surface area contributed by atoms with Crippen molar-refractivity contribution in [3.05, 3.63) is 47.4 Å². The number of benzene rings is 1. The molecule has 0 aliphatic heterocycles. The monoisotopic (exact) mass is 263 g/mol. The van der Waals surface area contributed by atoms with Gasteiger partial charge in [-0.15, -0.1) is 0 Å². The lowest BCUT2D eigenvalue weighted by atomic mass is 10.1. The van der Waals surface area contributed by atoms with E-state index in [-0.39, 0.29) is 6.04 Å². The van der Waals surface area contributed by atoms with Gasteiger partial charge in [-0.05, 0) is 24.6 Å². The molecule has 1 N–H and O–H groups in total. The highest BCUT2D eigenvalue weighted by Gasteiger charge is 2.06. The molecule has 0 aliphatic rings. The predicted molar refractivity (Wildman–Crippen MR) is 72.1 cm³/mol. The lowest BCUT2D eigenvalue weighted by molar-refractivity contribution is 0.414. The molecule has 0 aliphatic carbocycles. The number of nitrogens with zero attached hydrogens (tertiary/aromatic N) is 2. The normalized spacial score (nSPS) is 11.9. The van der Waals surface area contributed by atoms with Crippen molar-refractivity contribution in [2.24, 2.45) is 0 Å². The van der Waals surface area contributed by atoms with Gasteiger partial charge in [0.05, 0.1) is 19.5 Å². The zero-order valence-electron chi connectivity index (χ0n) is 10.2. The molecule has 1 heterocycles. The van der Waals surface area contributed by atoms with E-state index in [4.69, 9.17) is 16.3 Å². The molecule has 2 rings (SSSR count). The van der Waals surface area contributed by atoms with Crippen LogP contribution in [0.5, 0.6) is 5.75 Å². The van der Waals surface area contributed by atoms with Gasteiger partial charge in [-0.2, -0.15) is 0 Å². The SMILES string of the molecule is COc1ccc([C@@H](C)Nc2cncc(Cl)n2)cc1. The van der Waals surface area contributed by atoms with Gasteiger partial charge >= 0.3 is 0 Å². The van der Waals surface area contributed by atoms with Crippen LogP contribution in [0.4, 0.5) is 5.82 Å². The maximum Gasteiger partial charge on any atom is 0.149 e. The van der Waals surface area contributed by atoms with Gasteiger partial charge in [0.15, 0.2) is 0 Å². The fraction of sp³-hybridized carbons (Fsp3) is 0.231. The molecule has 4 nitrogen and oxygen atoms in total. The van der Waals surface area contributed by atoms with Crippen molar-refractivity contribution < 1.29 is 4.74 Å². The van der Waals surface area contributed by atoms with Crippen LogP contribution < -0.4 is 10.1 Å². The van der Waals surface area contributed by atoms with Gasteiger partial charge in [-0.25, -0.2) is 4.98 Å². The third-order valence-corrected chi connectivity index (χ3v) is 2.77. The number of rotatable bonds is 4. The van der Waals surface area contributed by atoms with Crippen LogP contribution in [-0.2, 0) is 0 Å². The van der Waals surface area contributed by atoms with Gasteiger partial charge < -0.3 is 10.1 Å². The molecule has 0 fully saturated rings. The van der Waals surface area contributed by atoms with Crippen LogP contribution in [0.25, 0.3) is 0 Å². The van der Waals surface area contributed by atoms with Gasteiger partial charge in [-0.1, -0.05) is 23.7 Å². The van der Waals surface area contributed by atoms with Gasteiger partial charge in [0.1, 0.15) is 16.7 Å². The molecule has 0 amide bonds.